The van der Waals surface area contributed by atoms with Crippen molar-refractivity contribution in [3.63, 3.8) is 0 Å². The molecule has 1 atom stereocenters. The molecule has 0 radical (unpaired) electrons. The second-order valence-electron chi connectivity index (χ2n) is 4.07. The molecule has 0 bridgehead atoms. The molecule has 0 saturated heterocycles. The van der Waals surface area contributed by atoms with E-state index in [1.54, 1.807) is 6.08 Å². The monoisotopic (exact) mass is 289 g/mol. The molecule has 94 valence electrons. The summed E-state index contributed by atoms with van der Waals surface area (Å²) in [5.74, 6) is 0.866. The van der Waals surface area contributed by atoms with Crippen LogP contribution in [-0.4, -0.2) is 29.2 Å². The van der Waals surface area contributed by atoms with Crippen molar-refractivity contribution < 1.29 is 4.79 Å². The van der Waals surface area contributed by atoms with Crippen molar-refractivity contribution in [1.82, 2.24) is 4.90 Å². The van der Waals surface area contributed by atoms with Crippen LogP contribution in [0.1, 0.15) is 40.0 Å². The van der Waals surface area contributed by atoms with E-state index in [2.05, 4.69) is 22.9 Å². The third-order valence-electron chi connectivity index (χ3n) is 2.76. The highest BCUT2D eigenvalue weighted by molar-refractivity contribution is 9.09. The van der Waals surface area contributed by atoms with E-state index in [9.17, 15) is 4.79 Å². The summed E-state index contributed by atoms with van der Waals surface area (Å²) in [5.41, 5.74) is 0. The summed E-state index contributed by atoms with van der Waals surface area (Å²) >= 11 is 3.44. The van der Waals surface area contributed by atoms with E-state index in [1.807, 2.05) is 24.8 Å². The molecular weight excluding hydrogens is 266 g/mol. The second-order valence-corrected chi connectivity index (χ2v) is 4.87. The van der Waals surface area contributed by atoms with Gasteiger partial charge in [-0.2, -0.15) is 0 Å². The molecule has 0 aliphatic rings. The first-order valence-electron chi connectivity index (χ1n) is 6.17. The minimum Gasteiger partial charge on any atom is -0.340 e. The minimum absolute atomic E-state index is 0.137. The molecule has 2 nitrogen and oxygen atoms in total. The Morgan fingerprint density at radius 1 is 1.31 bits per heavy atom. The van der Waals surface area contributed by atoms with Crippen LogP contribution in [0.5, 0.6) is 0 Å². The van der Waals surface area contributed by atoms with Crippen LogP contribution >= 0.6 is 15.9 Å². The van der Waals surface area contributed by atoms with E-state index >= 15 is 0 Å². The number of allylic oxidation sites excluding steroid dienone is 1. The SMILES string of the molecule is CCN(CC)C(=O)/C=C/CCC(C)CCBr. The zero-order valence-corrected chi connectivity index (χ0v) is 12.3. The smallest absolute Gasteiger partial charge is 0.246 e. The van der Waals surface area contributed by atoms with Crippen LogP contribution in [0.4, 0.5) is 0 Å². The van der Waals surface area contributed by atoms with Crippen molar-refractivity contribution >= 4 is 21.8 Å². The third kappa shape index (κ3) is 7.04. The molecule has 0 fully saturated rings. The van der Waals surface area contributed by atoms with Gasteiger partial charge in [0.2, 0.25) is 5.91 Å². The molecule has 1 amide bonds. The van der Waals surface area contributed by atoms with E-state index in [-0.39, 0.29) is 5.91 Å². The lowest BCUT2D eigenvalue weighted by Crippen LogP contribution is -2.28. The number of carbonyl (C=O) groups is 1. The predicted octanol–water partition coefficient (Wildman–Crippen LogP) is 3.61. The third-order valence-corrected chi connectivity index (χ3v) is 3.22. The molecule has 0 aromatic rings. The second kappa shape index (κ2) is 9.88. The van der Waals surface area contributed by atoms with Gasteiger partial charge in [-0.1, -0.05) is 28.9 Å². The van der Waals surface area contributed by atoms with Crippen molar-refractivity contribution in [2.75, 3.05) is 18.4 Å². The van der Waals surface area contributed by atoms with Gasteiger partial charge >= 0.3 is 0 Å². The highest BCUT2D eigenvalue weighted by atomic mass is 79.9. The number of rotatable bonds is 8. The lowest BCUT2D eigenvalue weighted by atomic mass is 10.0. The minimum atomic E-state index is 0.137. The molecular formula is C13H24BrNO. The molecule has 3 heteroatoms. The van der Waals surface area contributed by atoms with Gasteiger partial charge in [0.05, 0.1) is 0 Å². The van der Waals surface area contributed by atoms with E-state index in [0.29, 0.717) is 0 Å². The summed E-state index contributed by atoms with van der Waals surface area (Å²) in [6, 6.07) is 0. The molecule has 0 aromatic carbocycles. The summed E-state index contributed by atoms with van der Waals surface area (Å²) in [5, 5.41) is 1.07. The Morgan fingerprint density at radius 3 is 2.44 bits per heavy atom. The quantitative estimate of drug-likeness (QED) is 0.494. The average molecular weight is 290 g/mol. The number of nitrogens with zero attached hydrogens (tertiary/aromatic N) is 1. The average Bonchev–Trinajstić information content (AvgIpc) is 2.26. The largest absolute Gasteiger partial charge is 0.340 e. The number of hydrogen-bond donors (Lipinski definition) is 0. The first-order chi connectivity index (χ1) is 7.65. The van der Waals surface area contributed by atoms with Gasteiger partial charge in [-0.15, -0.1) is 0 Å². The number of likely N-dealkylation sites (N-methyl/N-ethyl adjacent to an activating group) is 1. The molecule has 0 rings (SSSR count). The maximum atomic E-state index is 11.6. The van der Waals surface area contributed by atoms with E-state index in [0.717, 1.165) is 37.2 Å². The Morgan fingerprint density at radius 2 is 1.94 bits per heavy atom. The van der Waals surface area contributed by atoms with E-state index in [1.165, 1.54) is 6.42 Å². The number of halogens is 1. The first kappa shape index (κ1) is 15.7. The summed E-state index contributed by atoms with van der Waals surface area (Å²) in [6.45, 7) is 7.85. The highest BCUT2D eigenvalue weighted by Gasteiger charge is 2.04. The van der Waals surface area contributed by atoms with Gasteiger partial charge in [-0.25, -0.2) is 0 Å². The normalized spacial score (nSPS) is 13.0. The molecule has 0 saturated carbocycles. The van der Waals surface area contributed by atoms with Crippen LogP contribution in [0.3, 0.4) is 0 Å². The fourth-order valence-corrected chi connectivity index (χ4v) is 2.32. The first-order valence-corrected chi connectivity index (χ1v) is 7.29. The molecule has 0 N–H and O–H groups in total. The predicted molar refractivity (Wildman–Crippen MR) is 73.9 cm³/mol. The molecule has 0 aliphatic heterocycles. The molecule has 0 heterocycles. The summed E-state index contributed by atoms with van der Waals surface area (Å²) in [7, 11) is 0. The van der Waals surface area contributed by atoms with Crippen LogP contribution in [0.2, 0.25) is 0 Å². The van der Waals surface area contributed by atoms with Crippen molar-refractivity contribution in [2.24, 2.45) is 5.92 Å². The highest BCUT2D eigenvalue weighted by Crippen LogP contribution is 2.11. The Hall–Kier alpha value is -0.310. The molecule has 0 aliphatic carbocycles. The van der Waals surface area contributed by atoms with Gasteiger partial charge in [0.15, 0.2) is 0 Å². The lowest BCUT2D eigenvalue weighted by molar-refractivity contribution is -0.125. The Labute approximate surface area is 108 Å². The van der Waals surface area contributed by atoms with E-state index < -0.39 is 0 Å². The van der Waals surface area contributed by atoms with Gasteiger partial charge in [-0.05, 0) is 45.1 Å². The fourth-order valence-electron chi connectivity index (χ4n) is 1.54. The van der Waals surface area contributed by atoms with Crippen LogP contribution in [0.25, 0.3) is 0 Å². The Bertz CT molecular complexity index is 212. The standard InChI is InChI=1S/C13H24BrNO/c1-4-15(5-2)13(16)9-7-6-8-12(3)10-11-14/h7,9,12H,4-6,8,10-11H2,1-3H3/b9-7+. The van der Waals surface area contributed by atoms with Crippen molar-refractivity contribution in [1.29, 1.82) is 0 Å². The van der Waals surface area contributed by atoms with Gasteiger partial charge in [-0.3, -0.25) is 4.79 Å². The van der Waals surface area contributed by atoms with Crippen molar-refractivity contribution in [3.05, 3.63) is 12.2 Å². The molecule has 0 spiro atoms. The topological polar surface area (TPSA) is 20.3 Å². The van der Waals surface area contributed by atoms with Crippen LogP contribution < -0.4 is 0 Å². The fraction of sp³-hybridized carbons (Fsp3) is 0.769. The number of alkyl halides is 1. The van der Waals surface area contributed by atoms with Gasteiger partial charge < -0.3 is 4.90 Å². The summed E-state index contributed by atoms with van der Waals surface area (Å²) in [4.78, 5) is 13.4. The molecule has 1 unspecified atom stereocenters. The zero-order chi connectivity index (χ0) is 12.4. The van der Waals surface area contributed by atoms with Gasteiger partial charge in [0.25, 0.3) is 0 Å². The zero-order valence-electron chi connectivity index (χ0n) is 10.7. The Balaban J connectivity index is 3.79. The van der Waals surface area contributed by atoms with E-state index in [4.69, 9.17) is 0 Å². The Kier molecular flexibility index (Phi) is 9.69. The lowest BCUT2D eigenvalue weighted by Gasteiger charge is -2.15. The summed E-state index contributed by atoms with van der Waals surface area (Å²) in [6.07, 6.45) is 7.09. The van der Waals surface area contributed by atoms with Crippen LogP contribution in [0.15, 0.2) is 12.2 Å². The van der Waals surface area contributed by atoms with Crippen LogP contribution in [-0.2, 0) is 4.79 Å². The van der Waals surface area contributed by atoms with Crippen molar-refractivity contribution in [2.45, 2.75) is 40.0 Å². The number of hydrogen-bond acceptors (Lipinski definition) is 1. The van der Waals surface area contributed by atoms with Gasteiger partial charge in [0, 0.05) is 18.4 Å². The number of carbonyl (C=O) groups excluding carboxylic acids is 1. The van der Waals surface area contributed by atoms with Crippen LogP contribution in [0, 0.1) is 5.92 Å². The molecule has 16 heavy (non-hydrogen) atoms. The van der Waals surface area contributed by atoms with Crippen molar-refractivity contribution in [3.8, 4) is 0 Å². The maximum absolute atomic E-state index is 11.6. The molecule has 0 aromatic heterocycles. The maximum Gasteiger partial charge on any atom is 0.246 e. The number of amides is 1. The summed E-state index contributed by atoms with van der Waals surface area (Å²) < 4.78 is 0. The van der Waals surface area contributed by atoms with Gasteiger partial charge in [0.1, 0.15) is 0 Å².